The van der Waals surface area contributed by atoms with E-state index >= 15 is 0 Å². The van der Waals surface area contributed by atoms with Gasteiger partial charge in [0.1, 0.15) is 0 Å². The summed E-state index contributed by atoms with van der Waals surface area (Å²) < 4.78 is 1.74. The second-order valence-corrected chi connectivity index (χ2v) is 3.52. The number of amides is 1. The summed E-state index contributed by atoms with van der Waals surface area (Å²) in [5.41, 5.74) is 6.82. The van der Waals surface area contributed by atoms with E-state index in [9.17, 15) is 4.79 Å². The minimum absolute atomic E-state index is 0.272. The van der Waals surface area contributed by atoms with Gasteiger partial charge in [-0.3, -0.25) is 4.79 Å². The van der Waals surface area contributed by atoms with Crippen LogP contribution >= 0.6 is 0 Å². The van der Waals surface area contributed by atoms with Crippen LogP contribution in [-0.4, -0.2) is 27.0 Å². The van der Waals surface area contributed by atoms with Crippen molar-refractivity contribution in [3.05, 3.63) is 23.9 Å². The van der Waals surface area contributed by atoms with Crippen LogP contribution in [0.25, 0.3) is 5.65 Å². The molecule has 0 aromatic carbocycles. The largest absolute Gasteiger partial charge is 0.370 e. The molecule has 6 nitrogen and oxygen atoms in total. The Morgan fingerprint density at radius 2 is 2.38 bits per heavy atom. The molecule has 0 saturated carbocycles. The minimum Gasteiger partial charge on any atom is -0.370 e. The Kier molecular flexibility index (Phi) is 2.72. The molecule has 2 rings (SSSR count). The molecular weight excluding hydrogens is 206 g/mol. The first-order valence-corrected chi connectivity index (χ1v) is 5.01. The number of carbonyl (C=O) groups excluding carboxylic acids is 1. The topological polar surface area (TPSA) is 85.3 Å². The van der Waals surface area contributed by atoms with E-state index in [4.69, 9.17) is 5.73 Å². The van der Waals surface area contributed by atoms with Crippen molar-refractivity contribution in [1.82, 2.24) is 14.6 Å². The SMILES string of the molecule is Cc1cccc2nc(NCCC(N)=O)nn12. The molecule has 0 bridgehead atoms. The summed E-state index contributed by atoms with van der Waals surface area (Å²) in [5.74, 6) is 0.169. The molecular formula is C10H13N5O. The van der Waals surface area contributed by atoms with E-state index in [0.29, 0.717) is 12.5 Å². The summed E-state index contributed by atoms with van der Waals surface area (Å²) in [5, 5.41) is 7.20. The molecule has 0 fully saturated rings. The Morgan fingerprint density at radius 3 is 3.06 bits per heavy atom. The van der Waals surface area contributed by atoms with Gasteiger partial charge in [0.15, 0.2) is 5.65 Å². The van der Waals surface area contributed by atoms with E-state index in [2.05, 4.69) is 15.4 Å². The van der Waals surface area contributed by atoms with Gasteiger partial charge < -0.3 is 11.1 Å². The van der Waals surface area contributed by atoms with Crippen molar-refractivity contribution < 1.29 is 4.79 Å². The van der Waals surface area contributed by atoms with Crippen molar-refractivity contribution in [2.75, 3.05) is 11.9 Å². The van der Waals surface area contributed by atoms with Gasteiger partial charge in [-0.15, -0.1) is 5.10 Å². The predicted molar refractivity (Wildman–Crippen MR) is 60.0 cm³/mol. The van der Waals surface area contributed by atoms with Crippen molar-refractivity contribution in [2.24, 2.45) is 5.73 Å². The van der Waals surface area contributed by atoms with Gasteiger partial charge in [-0.05, 0) is 19.1 Å². The summed E-state index contributed by atoms with van der Waals surface area (Å²) >= 11 is 0. The molecule has 16 heavy (non-hydrogen) atoms. The van der Waals surface area contributed by atoms with Crippen molar-refractivity contribution in [2.45, 2.75) is 13.3 Å². The molecule has 0 unspecified atom stereocenters. The van der Waals surface area contributed by atoms with Crippen LogP contribution in [0.2, 0.25) is 0 Å². The second-order valence-electron chi connectivity index (χ2n) is 3.52. The Bertz CT molecular complexity index is 519. The molecule has 0 spiro atoms. The zero-order valence-corrected chi connectivity index (χ0v) is 8.97. The number of aromatic nitrogens is 3. The highest BCUT2D eigenvalue weighted by atomic mass is 16.1. The number of nitrogens with one attached hydrogen (secondary N) is 1. The van der Waals surface area contributed by atoms with Gasteiger partial charge in [0.05, 0.1) is 0 Å². The fraction of sp³-hybridized carbons (Fsp3) is 0.300. The molecule has 84 valence electrons. The van der Waals surface area contributed by atoms with Gasteiger partial charge in [-0.25, -0.2) is 4.52 Å². The number of primary amides is 1. The number of hydrogen-bond donors (Lipinski definition) is 2. The van der Waals surface area contributed by atoms with E-state index in [1.165, 1.54) is 0 Å². The molecule has 2 aromatic rings. The van der Waals surface area contributed by atoms with Crippen LogP contribution in [0.3, 0.4) is 0 Å². The number of rotatable bonds is 4. The molecule has 0 radical (unpaired) electrons. The lowest BCUT2D eigenvalue weighted by Gasteiger charge is -1.97. The first-order valence-electron chi connectivity index (χ1n) is 5.01. The third kappa shape index (κ3) is 2.10. The number of carbonyl (C=O) groups is 1. The second kappa shape index (κ2) is 4.18. The number of fused-ring (bicyclic) bond motifs is 1. The Hall–Kier alpha value is -2.11. The standard InChI is InChI=1S/C10H13N5O/c1-7-3-2-4-9-13-10(14-15(7)9)12-6-5-8(11)16/h2-4H,5-6H2,1H3,(H2,11,16)(H,12,14). The Balaban J connectivity index is 2.14. The highest BCUT2D eigenvalue weighted by Gasteiger charge is 2.04. The molecule has 0 aliphatic rings. The van der Waals surface area contributed by atoms with E-state index in [-0.39, 0.29) is 12.3 Å². The monoisotopic (exact) mass is 219 g/mol. The zero-order valence-electron chi connectivity index (χ0n) is 8.97. The number of pyridine rings is 1. The molecule has 0 aliphatic heterocycles. The molecule has 2 heterocycles. The van der Waals surface area contributed by atoms with Crippen LogP contribution in [0.15, 0.2) is 18.2 Å². The van der Waals surface area contributed by atoms with Crippen LogP contribution in [0.4, 0.5) is 5.95 Å². The van der Waals surface area contributed by atoms with E-state index in [1.54, 1.807) is 4.52 Å². The van der Waals surface area contributed by atoms with E-state index in [1.807, 2.05) is 25.1 Å². The molecule has 0 saturated heterocycles. The van der Waals surface area contributed by atoms with Crippen molar-refractivity contribution in [3.63, 3.8) is 0 Å². The zero-order chi connectivity index (χ0) is 11.5. The van der Waals surface area contributed by atoms with Gasteiger partial charge in [-0.1, -0.05) is 6.07 Å². The highest BCUT2D eigenvalue weighted by molar-refractivity contribution is 5.74. The third-order valence-corrected chi connectivity index (χ3v) is 2.20. The maximum absolute atomic E-state index is 10.6. The van der Waals surface area contributed by atoms with Crippen LogP contribution in [0.1, 0.15) is 12.1 Å². The first kappa shape index (κ1) is 10.4. The quantitative estimate of drug-likeness (QED) is 0.775. The number of hydrogen-bond acceptors (Lipinski definition) is 4. The number of anilines is 1. The third-order valence-electron chi connectivity index (χ3n) is 2.20. The van der Waals surface area contributed by atoms with Gasteiger partial charge >= 0.3 is 0 Å². The lowest BCUT2D eigenvalue weighted by Crippen LogP contribution is -2.16. The van der Waals surface area contributed by atoms with Gasteiger partial charge in [0.25, 0.3) is 0 Å². The molecule has 3 N–H and O–H groups in total. The lowest BCUT2D eigenvalue weighted by molar-refractivity contribution is -0.117. The normalized spacial score (nSPS) is 10.6. The first-order chi connectivity index (χ1) is 7.66. The van der Waals surface area contributed by atoms with Crippen molar-refractivity contribution in [3.8, 4) is 0 Å². The smallest absolute Gasteiger partial charge is 0.243 e. The molecule has 6 heteroatoms. The predicted octanol–water partition coefficient (Wildman–Crippen LogP) is 0.325. The average molecular weight is 219 g/mol. The minimum atomic E-state index is -0.340. The summed E-state index contributed by atoms with van der Waals surface area (Å²) in [7, 11) is 0. The van der Waals surface area contributed by atoms with E-state index in [0.717, 1.165) is 11.3 Å². The fourth-order valence-electron chi connectivity index (χ4n) is 1.41. The van der Waals surface area contributed by atoms with Crippen LogP contribution in [0, 0.1) is 6.92 Å². The van der Waals surface area contributed by atoms with Crippen molar-refractivity contribution >= 4 is 17.5 Å². The van der Waals surface area contributed by atoms with Crippen LogP contribution < -0.4 is 11.1 Å². The van der Waals surface area contributed by atoms with Gasteiger partial charge in [0, 0.05) is 18.7 Å². The summed E-state index contributed by atoms with van der Waals surface area (Å²) in [6.07, 6.45) is 0.272. The lowest BCUT2D eigenvalue weighted by atomic mass is 10.4. The molecule has 2 aromatic heterocycles. The highest BCUT2D eigenvalue weighted by Crippen LogP contribution is 2.07. The van der Waals surface area contributed by atoms with Gasteiger partial charge in [-0.2, -0.15) is 4.98 Å². The summed E-state index contributed by atoms with van der Waals surface area (Å²) in [6, 6.07) is 5.75. The molecule has 0 atom stereocenters. The molecule has 0 aliphatic carbocycles. The summed E-state index contributed by atoms with van der Waals surface area (Å²) in [6.45, 7) is 2.40. The van der Waals surface area contributed by atoms with Crippen LogP contribution in [-0.2, 0) is 4.79 Å². The maximum atomic E-state index is 10.6. The summed E-state index contributed by atoms with van der Waals surface area (Å²) in [4.78, 5) is 14.8. The van der Waals surface area contributed by atoms with Gasteiger partial charge in [0.2, 0.25) is 11.9 Å². The number of nitrogens with zero attached hydrogens (tertiary/aromatic N) is 3. The Morgan fingerprint density at radius 1 is 1.56 bits per heavy atom. The molecule has 1 amide bonds. The number of nitrogens with two attached hydrogens (primary N) is 1. The van der Waals surface area contributed by atoms with E-state index < -0.39 is 0 Å². The van der Waals surface area contributed by atoms with Crippen molar-refractivity contribution in [1.29, 1.82) is 0 Å². The maximum Gasteiger partial charge on any atom is 0.243 e. The fourth-order valence-corrected chi connectivity index (χ4v) is 1.41. The number of aryl methyl sites for hydroxylation is 1. The Labute approximate surface area is 92.5 Å². The average Bonchev–Trinajstić information content (AvgIpc) is 2.61. The van der Waals surface area contributed by atoms with Crippen LogP contribution in [0.5, 0.6) is 0 Å².